The lowest BCUT2D eigenvalue weighted by Gasteiger charge is -2.22. The number of carbonyl (C=O) groups excluding carboxylic acids is 2. The minimum atomic E-state index is -0.215. The molecule has 1 aromatic heterocycles. The monoisotopic (exact) mass is 436 g/mol. The number of amides is 2. The first-order valence-electron chi connectivity index (χ1n) is 10.6. The van der Waals surface area contributed by atoms with Gasteiger partial charge in [-0.25, -0.2) is 4.98 Å². The molecule has 2 amide bonds. The molecule has 1 atom stereocenters. The Hall–Kier alpha value is -2.77. The Kier molecular flexibility index (Phi) is 6.34. The second-order valence-corrected chi connectivity index (χ2v) is 9.31. The highest BCUT2D eigenvalue weighted by atomic mass is 32.1. The van der Waals surface area contributed by atoms with Gasteiger partial charge in [-0.15, -0.1) is 11.3 Å². The van der Waals surface area contributed by atoms with Crippen LogP contribution in [0.4, 0.5) is 5.69 Å². The molecule has 1 saturated heterocycles. The number of benzene rings is 2. The Morgan fingerprint density at radius 1 is 1.13 bits per heavy atom. The van der Waals surface area contributed by atoms with Crippen molar-refractivity contribution in [3.05, 3.63) is 58.1 Å². The van der Waals surface area contributed by atoms with Gasteiger partial charge in [0.2, 0.25) is 11.8 Å². The van der Waals surface area contributed by atoms with E-state index >= 15 is 0 Å². The molecule has 1 fully saturated rings. The van der Waals surface area contributed by atoms with E-state index in [-0.39, 0.29) is 30.9 Å². The van der Waals surface area contributed by atoms with Gasteiger partial charge < -0.3 is 10.6 Å². The number of rotatable bonds is 6. The summed E-state index contributed by atoms with van der Waals surface area (Å²) in [6.07, 6.45) is 2.04. The summed E-state index contributed by atoms with van der Waals surface area (Å²) in [5.41, 5.74) is 5.04. The Bertz CT molecular complexity index is 1070. The van der Waals surface area contributed by atoms with Gasteiger partial charge >= 0.3 is 0 Å². The standard InChI is InChI=1S/C24H28N4O2S/c1-15-11-16(2)23(17(3)12-15)27-21(29)13-25-22(30)14-28-10-6-8-19(28)24-26-18-7-4-5-9-20(18)31-24/h4-5,7,9,11-12,19H,6,8,10,13-14H2,1-3H3,(H,25,30)(H,27,29). The van der Waals surface area contributed by atoms with Crippen molar-refractivity contribution >= 4 is 39.1 Å². The van der Waals surface area contributed by atoms with Gasteiger partial charge in [0.25, 0.3) is 0 Å². The number of aryl methyl sites for hydroxylation is 3. The maximum atomic E-state index is 12.5. The Morgan fingerprint density at radius 2 is 1.87 bits per heavy atom. The SMILES string of the molecule is Cc1cc(C)c(NC(=O)CNC(=O)CN2CCCC2c2nc3ccccc3s2)c(C)c1. The van der Waals surface area contributed by atoms with Crippen molar-refractivity contribution in [3.63, 3.8) is 0 Å². The average Bonchev–Trinajstić information content (AvgIpc) is 3.35. The zero-order chi connectivity index (χ0) is 22.0. The van der Waals surface area contributed by atoms with Crippen LogP contribution in [0.1, 0.15) is 40.6 Å². The van der Waals surface area contributed by atoms with Crippen LogP contribution in [-0.4, -0.2) is 41.3 Å². The van der Waals surface area contributed by atoms with Crippen LogP contribution in [0.3, 0.4) is 0 Å². The van der Waals surface area contributed by atoms with E-state index in [9.17, 15) is 9.59 Å². The number of aromatic nitrogens is 1. The number of thiazole rings is 1. The third kappa shape index (κ3) is 4.94. The summed E-state index contributed by atoms with van der Waals surface area (Å²) in [6, 6.07) is 12.4. The molecule has 3 aromatic rings. The van der Waals surface area contributed by atoms with Crippen LogP contribution in [0.2, 0.25) is 0 Å². The molecule has 7 heteroatoms. The molecule has 6 nitrogen and oxygen atoms in total. The van der Waals surface area contributed by atoms with Crippen LogP contribution in [-0.2, 0) is 9.59 Å². The van der Waals surface area contributed by atoms with Crippen molar-refractivity contribution in [2.75, 3.05) is 25.0 Å². The smallest absolute Gasteiger partial charge is 0.243 e. The molecule has 2 aromatic carbocycles. The maximum Gasteiger partial charge on any atom is 0.243 e. The molecule has 2 heterocycles. The van der Waals surface area contributed by atoms with Crippen molar-refractivity contribution in [2.45, 2.75) is 39.7 Å². The summed E-state index contributed by atoms with van der Waals surface area (Å²) in [5, 5.41) is 6.76. The second-order valence-electron chi connectivity index (χ2n) is 8.25. The first kappa shape index (κ1) is 21.5. The van der Waals surface area contributed by atoms with Gasteiger partial charge in [0.05, 0.1) is 29.3 Å². The van der Waals surface area contributed by atoms with E-state index in [0.717, 1.165) is 52.3 Å². The van der Waals surface area contributed by atoms with Gasteiger partial charge in [-0.2, -0.15) is 0 Å². The van der Waals surface area contributed by atoms with E-state index in [1.807, 2.05) is 51.1 Å². The van der Waals surface area contributed by atoms with Crippen molar-refractivity contribution < 1.29 is 9.59 Å². The number of para-hydroxylation sites is 1. The van der Waals surface area contributed by atoms with Gasteiger partial charge in [-0.05, 0) is 63.4 Å². The lowest BCUT2D eigenvalue weighted by atomic mass is 10.1. The van der Waals surface area contributed by atoms with Gasteiger partial charge in [0.1, 0.15) is 5.01 Å². The van der Waals surface area contributed by atoms with Crippen molar-refractivity contribution in [1.29, 1.82) is 0 Å². The highest BCUT2D eigenvalue weighted by Gasteiger charge is 2.30. The van der Waals surface area contributed by atoms with E-state index < -0.39 is 0 Å². The number of anilines is 1. The number of hydrogen-bond acceptors (Lipinski definition) is 5. The largest absolute Gasteiger partial charge is 0.346 e. The molecule has 0 saturated carbocycles. The summed E-state index contributed by atoms with van der Waals surface area (Å²) in [6.45, 7) is 7.09. The predicted molar refractivity (Wildman–Crippen MR) is 125 cm³/mol. The fraction of sp³-hybridized carbons (Fsp3) is 0.375. The molecular formula is C24H28N4O2S. The number of fused-ring (bicyclic) bond motifs is 1. The summed E-state index contributed by atoms with van der Waals surface area (Å²) >= 11 is 1.70. The summed E-state index contributed by atoms with van der Waals surface area (Å²) < 4.78 is 1.17. The van der Waals surface area contributed by atoms with Gasteiger partial charge in [0.15, 0.2) is 0 Å². The van der Waals surface area contributed by atoms with Crippen LogP contribution >= 0.6 is 11.3 Å². The quantitative estimate of drug-likeness (QED) is 0.610. The van der Waals surface area contributed by atoms with E-state index in [1.54, 1.807) is 11.3 Å². The summed E-state index contributed by atoms with van der Waals surface area (Å²) in [4.78, 5) is 31.9. The maximum absolute atomic E-state index is 12.5. The number of nitrogens with zero attached hydrogens (tertiary/aromatic N) is 2. The van der Waals surface area contributed by atoms with Crippen LogP contribution in [0.15, 0.2) is 36.4 Å². The number of carbonyl (C=O) groups is 2. The first-order chi connectivity index (χ1) is 14.9. The lowest BCUT2D eigenvalue weighted by Crippen LogP contribution is -2.40. The van der Waals surface area contributed by atoms with Crippen LogP contribution in [0.5, 0.6) is 0 Å². The van der Waals surface area contributed by atoms with E-state index in [2.05, 4.69) is 21.6 Å². The Balaban J connectivity index is 1.32. The molecule has 0 bridgehead atoms. The third-order valence-electron chi connectivity index (χ3n) is 5.69. The zero-order valence-corrected chi connectivity index (χ0v) is 19.0. The molecule has 31 heavy (non-hydrogen) atoms. The van der Waals surface area contributed by atoms with Crippen LogP contribution in [0, 0.1) is 20.8 Å². The second kappa shape index (κ2) is 9.16. The number of hydrogen-bond donors (Lipinski definition) is 2. The zero-order valence-electron chi connectivity index (χ0n) is 18.2. The highest BCUT2D eigenvalue weighted by Crippen LogP contribution is 2.36. The molecule has 1 aliphatic heterocycles. The molecule has 2 N–H and O–H groups in total. The average molecular weight is 437 g/mol. The summed E-state index contributed by atoms with van der Waals surface area (Å²) in [5.74, 6) is -0.354. The van der Waals surface area contributed by atoms with E-state index in [4.69, 9.17) is 4.98 Å². The minimum Gasteiger partial charge on any atom is -0.346 e. The Labute approximate surface area is 186 Å². The highest BCUT2D eigenvalue weighted by molar-refractivity contribution is 7.18. The summed E-state index contributed by atoms with van der Waals surface area (Å²) in [7, 11) is 0. The molecule has 0 radical (unpaired) electrons. The molecular weight excluding hydrogens is 408 g/mol. The Morgan fingerprint density at radius 3 is 2.61 bits per heavy atom. The molecule has 1 unspecified atom stereocenters. The van der Waals surface area contributed by atoms with Crippen molar-refractivity contribution in [3.8, 4) is 0 Å². The topological polar surface area (TPSA) is 74.3 Å². The lowest BCUT2D eigenvalue weighted by molar-refractivity contribution is -0.125. The molecule has 4 rings (SSSR count). The normalized spacial score (nSPS) is 16.5. The van der Waals surface area contributed by atoms with Gasteiger partial charge in [-0.1, -0.05) is 29.8 Å². The van der Waals surface area contributed by atoms with Gasteiger partial charge in [0, 0.05) is 5.69 Å². The van der Waals surface area contributed by atoms with Crippen LogP contribution in [0.25, 0.3) is 10.2 Å². The van der Waals surface area contributed by atoms with E-state index in [1.165, 1.54) is 4.70 Å². The minimum absolute atomic E-state index is 0.0365. The number of nitrogens with one attached hydrogen (secondary N) is 2. The number of likely N-dealkylation sites (tertiary alicyclic amines) is 1. The van der Waals surface area contributed by atoms with Crippen molar-refractivity contribution in [1.82, 2.24) is 15.2 Å². The van der Waals surface area contributed by atoms with Gasteiger partial charge in [-0.3, -0.25) is 14.5 Å². The molecule has 1 aliphatic rings. The van der Waals surface area contributed by atoms with E-state index in [0.29, 0.717) is 0 Å². The predicted octanol–water partition coefficient (Wildman–Crippen LogP) is 4.11. The fourth-order valence-corrected chi connectivity index (χ4v) is 5.44. The molecule has 0 aliphatic carbocycles. The first-order valence-corrected chi connectivity index (χ1v) is 11.5. The van der Waals surface area contributed by atoms with Crippen molar-refractivity contribution in [2.24, 2.45) is 0 Å². The molecule has 162 valence electrons. The van der Waals surface area contributed by atoms with Crippen LogP contribution < -0.4 is 10.6 Å². The fourth-order valence-electron chi connectivity index (χ4n) is 4.31. The third-order valence-corrected chi connectivity index (χ3v) is 6.83. The molecule has 0 spiro atoms.